The zero-order valence-corrected chi connectivity index (χ0v) is 8.50. The third-order valence-electron chi connectivity index (χ3n) is 2.07. The number of nitrogens with one attached hydrogen (secondary N) is 1. The number of ether oxygens (including phenoxy) is 1. The van der Waals surface area contributed by atoms with Crippen molar-refractivity contribution in [3.63, 3.8) is 0 Å². The van der Waals surface area contributed by atoms with Gasteiger partial charge < -0.3 is 15.0 Å². The minimum Gasteiger partial charge on any atom is -0.458 e. The van der Waals surface area contributed by atoms with Gasteiger partial charge >= 0.3 is 0 Å². The van der Waals surface area contributed by atoms with E-state index in [1.54, 1.807) is 6.26 Å². The van der Waals surface area contributed by atoms with Gasteiger partial charge in [0.15, 0.2) is 0 Å². The van der Waals surface area contributed by atoms with Crippen molar-refractivity contribution in [2.24, 2.45) is 5.92 Å². The van der Waals surface area contributed by atoms with Crippen LogP contribution >= 0.6 is 0 Å². The fourth-order valence-electron chi connectivity index (χ4n) is 0.942. The van der Waals surface area contributed by atoms with Gasteiger partial charge in [-0.1, -0.05) is 13.8 Å². The van der Waals surface area contributed by atoms with Gasteiger partial charge in [0.05, 0.1) is 0 Å². The SMILES string of the molecule is CC1=COC(NC(=O)C(C)C)N1C. The number of hydrogen-bond acceptors (Lipinski definition) is 3. The van der Waals surface area contributed by atoms with Crippen LogP contribution in [0.5, 0.6) is 0 Å². The number of carbonyl (C=O) groups excluding carboxylic acids is 1. The molecule has 0 radical (unpaired) electrons. The summed E-state index contributed by atoms with van der Waals surface area (Å²) >= 11 is 0. The molecule has 0 bridgehead atoms. The highest BCUT2D eigenvalue weighted by Gasteiger charge is 2.23. The fourth-order valence-corrected chi connectivity index (χ4v) is 0.942. The molecule has 1 heterocycles. The lowest BCUT2D eigenvalue weighted by Gasteiger charge is -2.23. The van der Waals surface area contributed by atoms with E-state index >= 15 is 0 Å². The minimum absolute atomic E-state index is 0.0000463. The Morgan fingerprint density at radius 1 is 1.69 bits per heavy atom. The summed E-state index contributed by atoms with van der Waals surface area (Å²) in [7, 11) is 1.88. The summed E-state index contributed by atoms with van der Waals surface area (Å²) in [6.07, 6.45) is 1.31. The quantitative estimate of drug-likeness (QED) is 0.692. The lowest BCUT2D eigenvalue weighted by molar-refractivity contribution is -0.129. The van der Waals surface area contributed by atoms with Crippen molar-refractivity contribution in [2.45, 2.75) is 27.1 Å². The van der Waals surface area contributed by atoms with Crippen molar-refractivity contribution in [1.82, 2.24) is 10.2 Å². The molecule has 1 aliphatic heterocycles. The van der Waals surface area contributed by atoms with Crippen molar-refractivity contribution in [3.8, 4) is 0 Å². The Morgan fingerprint density at radius 3 is 2.69 bits per heavy atom. The van der Waals surface area contributed by atoms with E-state index < -0.39 is 0 Å². The predicted octanol–water partition coefficient (Wildman–Crippen LogP) is 0.865. The lowest BCUT2D eigenvalue weighted by Crippen LogP contribution is -2.45. The topological polar surface area (TPSA) is 41.6 Å². The summed E-state index contributed by atoms with van der Waals surface area (Å²) < 4.78 is 5.23. The van der Waals surface area contributed by atoms with E-state index in [1.165, 1.54) is 0 Å². The highest BCUT2D eigenvalue weighted by Crippen LogP contribution is 2.14. The van der Waals surface area contributed by atoms with Gasteiger partial charge in [0.1, 0.15) is 6.26 Å². The van der Waals surface area contributed by atoms with Crippen LogP contribution in [0.25, 0.3) is 0 Å². The second-order valence-corrected chi connectivity index (χ2v) is 3.52. The first-order valence-electron chi connectivity index (χ1n) is 4.38. The summed E-state index contributed by atoms with van der Waals surface area (Å²) in [6, 6.07) is 0. The van der Waals surface area contributed by atoms with Gasteiger partial charge in [-0.15, -0.1) is 0 Å². The Balaban J connectivity index is 2.45. The van der Waals surface area contributed by atoms with Gasteiger partial charge in [0, 0.05) is 18.7 Å². The average Bonchev–Trinajstić information content (AvgIpc) is 2.36. The molecule has 1 amide bonds. The van der Waals surface area contributed by atoms with Gasteiger partial charge in [-0.25, -0.2) is 0 Å². The van der Waals surface area contributed by atoms with E-state index in [0.29, 0.717) is 0 Å². The molecule has 1 atom stereocenters. The smallest absolute Gasteiger partial charge is 0.251 e. The Bertz CT molecular complexity index is 236. The molecular weight excluding hydrogens is 168 g/mol. The number of carbonyl (C=O) groups is 1. The molecule has 74 valence electrons. The molecule has 0 fully saturated rings. The molecule has 1 aliphatic rings. The van der Waals surface area contributed by atoms with Gasteiger partial charge in [-0.3, -0.25) is 4.79 Å². The Morgan fingerprint density at radius 2 is 2.31 bits per heavy atom. The molecule has 0 aliphatic carbocycles. The van der Waals surface area contributed by atoms with E-state index in [4.69, 9.17) is 4.74 Å². The van der Waals surface area contributed by atoms with Crippen LogP contribution < -0.4 is 5.32 Å². The second kappa shape index (κ2) is 3.68. The first kappa shape index (κ1) is 9.89. The molecule has 13 heavy (non-hydrogen) atoms. The molecule has 1 rings (SSSR count). The normalized spacial score (nSPS) is 21.5. The predicted molar refractivity (Wildman–Crippen MR) is 49.4 cm³/mol. The van der Waals surface area contributed by atoms with Crippen LogP contribution in [0.2, 0.25) is 0 Å². The van der Waals surface area contributed by atoms with Crippen molar-refractivity contribution in [2.75, 3.05) is 7.05 Å². The lowest BCUT2D eigenvalue weighted by atomic mass is 10.2. The molecule has 4 nitrogen and oxygen atoms in total. The van der Waals surface area contributed by atoms with Crippen molar-refractivity contribution in [3.05, 3.63) is 12.0 Å². The minimum atomic E-state index is -0.338. The van der Waals surface area contributed by atoms with Gasteiger partial charge in [0.2, 0.25) is 5.91 Å². The van der Waals surface area contributed by atoms with Gasteiger partial charge in [-0.05, 0) is 6.92 Å². The maximum absolute atomic E-state index is 11.3. The molecule has 0 spiro atoms. The van der Waals surface area contributed by atoms with Crippen LogP contribution in [0.1, 0.15) is 20.8 Å². The molecule has 1 unspecified atom stereocenters. The molecule has 0 aromatic carbocycles. The number of amides is 1. The zero-order chi connectivity index (χ0) is 10.0. The van der Waals surface area contributed by atoms with Crippen LogP contribution in [-0.4, -0.2) is 24.2 Å². The standard InChI is InChI=1S/C9H16N2O2/c1-6(2)8(12)10-9-11(4)7(3)5-13-9/h5-6,9H,1-4H3,(H,10,12). The van der Waals surface area contributed by atoms with Crippen molar-refractivity contribution < 1.29 is 9.53 Å². The zero-order valence-electron chi connectivity index (χ0n) is 8.50. The second-order valence-electron chi connectivity index (χ2n) is 3.52. The third-order valence-corrected chi connectivity index (χ3v) is 2.07. The number of allylic oxidation sites excluding steroid dienone is 1. The van der Waals surface area contributed by atoms with Crippen molar-refractivity contribution in [1.29, 1.82) is 0 Å². The van der Waals surface area contributed by atoms with E-state index in [0.717, 1.165) is 5.70 Å². The van der Waals surface area contributed by atoms with Crippen LogP contribution in [0.4, 0.5) is 0 Å². The molecule has 1 N–H and O–H groups in total. The summed E-state index contributed by atoms with van der Waals surface area (Å²) in [5.41, 5.74) is 1.01. The van der Waals surface area contributed by atoms with E-state index in [9.17, 15) is 4.79 Å². The number of rotatable bonds is 2. The maximum atomic E-state index is 11.3. The molecule has 0 saturated carbocycles. The molecule has 0 saturated heterocycles. The Labute approximate surface area is 78.5 Å². The van der Waals surface area contributed by atoms with Gasteiger partial charge in [-0.2, -0.15) is 0 Å². The molecular formula is C9H16N2O2. The van der Waals surface area contributed by atoms with Crippen LogP contribution in [0.15, 0.2) is 12.0 Å². The third kappa shape index (κ3) is 2.14. The van der Waals surface area contributed by atoms with E-state index in [2.05, 4.69) is 5.32 Å². The monoisotopic (exact) mass is 184 g/mol. The van der Waals surface area contributed by atoms with Crippen LogP contribution in [0, 0.1) is 5.92 Å². The molecule has 0 aromatic rings. The molecule has 0 aromatic heterocycles. The average molecular weight is 184 g/mol. The van der Waals surface area contributed by atoms with Crippen LogP contribution in [-0.2, 0) is 9.53 Å². The summed E-state index contributed by atoms with van der Waals surface area (Å²) in [4.78, 5) is 13.2. The highest BCUT2D eigenvalue weighted by atomic mass is 16.5. The number of hydrogen-bond donors (Lipinski definition) is 1. The summed E-state index contributed by atoms with van der Waals surface area (Å²) in [6.45, 7) is 5.64. The fraction of sp³-hybridized carbons (Fsp3) is 0.667. The Kier molecular flexibility index (Phi) is 2.80. The Hall–Kier alpha value is -1.19. The summed E-state index contributed by atoms with van der Waals surface area (Å²) in [5, 5.41) is 2.77. The first-order chi connectivity index (χ1) is 6.02. The number of nitrogens with zero attached hydrogens (tertiary/aromatic N) is 1. The maximum Gasteiger partial charge on any atom is 0.251 e. The van der Waals surface area contributed by atoms with Crippen molar-refractivity contribution >= 4 is 5.91 Å². The van der Waals surface area contributed by atoms with Gasteiger partial charge in [0.25, 0.3) is 6.35 Å². The largest absolute Gasteiger partial charge is 0.458 e. The van der Waals surface area contributed by atoms with E-state index in [-0.39, 0.29) is 18.2 Å². The molecule has 4 heteroatoms. The van der Waals surface area contributed by atoms with E-state index in [1.807, 2.05) is 32.7 Å². The van der Waals surface area contributed by atoms with Crippen LogP contribution in [0.3, 0.4) is 0 Å². The highest BCUT2D eigenvalue weighted by molar-refractivity contribution is 5.78. The summed E-state index contributed by atoms with van der Waals surface area (Å²) in [5.74, 6) is -0.0159. The first-order valence-corrected chi connectivity index (χ1v) is 4.38.